The minimum Gasteiger partial charge on any atom is -0.394 e. The number of rotatable bonds is 17. The number of aliphatic hydroxyl groups excluding tert-OH is 14. The molecule has 4 aliphatic heterocycles. The fraction of sp³-hybridized carbons (Fsp3) is 0.944. The lowest BCUT2D eigenvalue weighted by Gasteiger charge is -2.66. The maximum atomic E-state index is 15.0. The third-order valence-corrected chi connectivity index (χ3v) is 20.4. The van der Waals surface area contributed by atoms with E-state index in [1.54, 1.807) is 6.08 Å². The van der Waals surface area contributed by atoms with Gasteiger partial charge >= 0.3 is 0 Å². The maximum absolute atomic E-state index is 15.0. The Balaban J connectivity index is 0.999. The zero-order chi connectivity index (χ0) is 57.5. The average molecular weight is 1120 g/mol. The Kier molecular flexibility index (Phi) is 18.8. The first kappa shape index (κ1) is 62.5. The molecule has 8 aliphatic rings. The van der Waals surface area contributed by atoms with Crippen LogP contribution >= 0.6 is 0 Å². The van der Waals surface area contributed by atoms with Gasteiger partial charge in [0.15, 0.2) is 30.9 Å². The molecule has 0 aromatic carbocycles. The monoisotopic (exact) mass is 1120 g/mol. The molecule has 0 aromatic rings. The summed E-state index contributed by atoms with van der Waals surface area (Å²) < 4.78 is 47.8. The van der Waals surface area contributed by atoms with Crippen LogP contribution in [0, 0.1) is 45.3 Å². The Morgan fingerprint density at radius 3 is 1.81 bits per heavy atom. The SMILES string of the molecule is C[C@H](CC[C@@H](O[C@@H]1O[C@H](CO[C@H]2O[C@H](CO)C[C@H](O)[C@H]2O)[C@@H](O)[C@H](O)[C@H]1O[C@H]1O[C@@H](CO)[C@H](O)[C@@H](O)[C@@H]1O)C(C)(C)O)C1CC[C@@]2(C)C3C(=O)C=C4C(CC[C@H](O[C@@H]5O[C@H](CO)[C@@H](O)[C@H](O)[C@H]5O)C4(C)C)[C@]3(C)[C@H](O)C[C@]12C. The van der Waals surface area contributed by atoms with Crippen molar-refractivity contribution in [2.45, 2.75) is 247 Å². The Hall–Kier alpha value is -1.51. The second-order valence-electron chi connectivity index (χ2n) is 25.8. The summed E-state index contributed by atoms with van der Waals surface area (Å²) in [6.45, 7) is 12.9. The number of ether oxygens (including phenoxy) is 8. The summed E-state index contributed by atoms with van der Waals surface area (Å²) in [4.78, 5) is 15.0. The molecule has 24 heteroatoms. The van der Waals surface area contributed by atoms with E-state index >= 15 is 4.79 Å². The van der Waals surface area contributed by atoms with E-state index in [2.05, 4.69) is 20.8 Å². The molecule has 0 bridgehead atoms. The molecule has 15 N–H and O–H groups in total. The van der Waals surface area contributed by atoms with Crippen molar-refractivity contribution in [1.29, 1.82) is 0 Å². The zero-order valence-corrected chi connectivity index (χ0v) is 46.0. The van der Waals surface area contributed by atoms with Gasteiger partial charge in [0.05, 0.1) is 62.5 Å². The van der Waals surface area contributed by atoms with Crippen LogP contribution in [0.1, 0.15) is 107 Å². The van der Waals surface area contributed by atoms with E-state index in [9.17, 15) is 76.6 Å². The van der Waals surface area contributed by atoms with Gasteiger partial charge in [-0.2, -0.15) is 0 Å². The predicted octanol–water partition coefficient (Wildman–Crippen LogP) is -3.02. The van der Waals surface area contributed by atoms with Crippen LogP contribution in [0.15, 0.2) is 11.6 Å². The summed E-state index contributed by atoms with van der Waals surface area (Å²) in [5.41, 5.74) is -3.62. The second kappa shape index (κ2) is 23.5. The summed E-state index contributed by atoms with van der Waals surface area (Å²) in [6, 6.07) is 0. The van der Waals surface area contributed by atoms with Crippen LogP contribution in [0.2, 0.25) is 0 Å². The lowest BCUT2D eigenvalue weighted by Crippen LogP contribution is -2.67. The summed E-state index contributed by atoms with van der Waals surface area (Å²) in [5.74, 6) is -1.01. The van der Waals surface area contributed by atoms with Crippen LogP contribution in [0.25, 0.3) is 0 Å². The molecule has 29 atom stereocenters. The van der Waals surface area contributed by atoms with Gasteiger partial charge in [-0.1, -0.05) is 47.1 Å². The van der Waals surface area contributed by atoms with Crippen molar-refractivity contribution < 1.29 is 119 Å². The van der Waals surface area contributed by atoms with E-state index in [1.165, 1.54) is 13.8 Å². The highest BCUT2D eigenvalue weighted by Crippen LogP contribution is 2.74. The van der Waals surface area contributed by atoms with Crippen molar-refractivity contribution in [1.82, 2.24) is 0 Å². The summed E-state index contributed by atoms with van der Waals surface area (Å²) >= 11 is 0. The number of hydrogen-bond donors (Lipinski definition) is 15. The molecule has 24 nitrogen and oxygen atoms in total. The van der Waals surface area contributed by atoms with E-state index in [4.69, 9.17) is 37.9 Å². The number of ketones is 1. The summed E-state index contributed by atoms with van der Waals surface area (Å²) in [6.07, 6.45) is -27.5. The van der Waals surface area contributed by atoms with Crippen molar-refractivity contribution in [2.24, 2.45) is 45.3 Å². The van der Waals surface area contributed by atoms with Gasteiger partial charge in [-0.3, -0.25) is 4.79 Å². The largest absolute Gasteiger partial charge is 0.394 e. The Morgan fingerprint density at radius 2 is 1.23 bits per heavy atom. The van der Waals surface area contributed by atoms with E-state index in [1.807, 2.05) is 20.8 Å². The van der Waals surface area contributed by atoms with Crippen LogP contribution in [-0.4, -0.2) is 249 Å². The topological polar surface area (TPSA) is 394 Å². The Morgan fingerprint density at radius 1 is 0.654 bits per heavy atom. The second-order valence-corrected chi connectivity index (χ2v) is 25.8. The molecule has 450 valence electrons. The molecule has 0 spiro atoms. The Labute approximate surface area is 454 Å². The van der Waals surface area contributed by atoms with E-state index < -0.39 is 195 Å². The fourth-order valence-electron chi connectivity index (χ4n) is 15.4. The first-order valence-electron chi connectivity index (χ1n) is 27.9. The first-order chi connectivity index (χ1) is 36.4. The molecule has 7 fully saturated rings. The van der Waals surface area contributed by atoms with Crippen LogP contribution in [-0.2, 0) is 42.7 Å². The van der Waals surface area contributed by atoms with Crippen LogP contribution < -0.4 is 0 Å². The van der Waals surface area contributed by atoms with Gasteiger partial charge in [-0.15, -0.1) is 0 Å². The molecule has 0 aromatic heterocycles. The minimum atomic E-state index is -1.93. The number of fused-ring (bicyclic) bond motifs is 5. The fourth-order valence-corrected chi connectivity index (χ4v) is 15.4. The average Bonchev–Trinajstić information content (AvgIpc) is 2.20. The quantitative estimate of drug-likeness (QED) is 0.0689. The molecule has 8 rings (SSSR count). The van der Waals surface area contributed by atoms with Gasteiger partial charge in [0.25, 0.3) is 0 Å². The zero-order valence-electron chi connectivity index (χ0n) is 46.0. The summed E-state index contributed by atoms with van der Waals surface area (Å²) in [7, 11) is 0. The smallest absolute Gasteiger partial charge is 0.187 e. The number of carbonyl (C=O) groups excluding carboxylic acids is 1. The predicted molar refractivity (Wildman–Crippen MR) is 267 cm³/mol. The lowest BCUT2D eigenvalue weighted by atomic mass is 9.38. The van der Waals surface area contributed by atoms with Gasteiger partial charge in [0.2, 0.25) is 0 Å². The van der Waals surface area contributed by atoms with Crippen molar-refractivity contribution in [3.8, 4) is 0 Å². The minimum absolute atomic E-state index is 0.0329. The van der Waals surface area contributed by atoms with Crippen molar-refractivity contribution in [3.05, 3.63) is 11.6 Å². The van der Waals surface area contributed by atoms with Crippen LogP contribution in [0.3, 0.4) is 0 Å². The lowest BCUT2D eigenvalue weighted by molar-refractivity contribution is -0.379. The Bertz CT molecular complexity index is 2070. The maximum Gasteiger partial charge on any atom is 0.187 e. The van der Waals surface area contributed by atoms with Gasteiger partial charge in [-0.25, -0.2) is 0 Å². The van der Waals surface area contributed by atoms with Crippen molar-refractivity contribution in [3.63, 3.8) is 0 Å². The van der Waals surface area contributed by atoms with Gasteiger partial charge in [-0.05, 0) is 93.5 Å². The number of aliphatic hydroxyl groups is 15. The standard InChI is InChI=1S/C54H90O24/c1-22(24-13-14-52(6)45-28(59)16-26-25(54(45,8)32(60)17-53(24,52)7)10-12-33(50(26,2)3)76-47-42(68)39(65)36(62)29(19-56)73-47)9-11-34(51(4,5)70)77-49-44(78-48-43(69)40(66)37(63)30(20-57)74-48)41(67)38(64)31(75-49)21-71-46-35(61)27(58)15-23(18-55)72-46/h16,22-25,27,29-49,55-58,60-70H,9-15,17-21H2,1-8H3/t22-,23+,24?,25?,27+,29-,30+,31-,32-,33+,34-,35-,36-,37+,38-,39+,40-,41+,42-,43+,44-,45?,46+,47+,48-,49+,52+,53-,54-/m1/s1. The highest BCUT2D eigenvalue weighted by atomic mass is 16.8. The first-order valence-corrected chi connectivity index (χ1v) is 27.9. The van der Waals surface area contributed by atoms with Crippen LogP contribution in [0.4, 0.5) is 0 Å². The highest BCUT2D eigenvalue weighted by molar-refractivity contribution is 5.95. The molecule has 0 radical (unpaired) electrons. The molecule has 78 heavy (non-hydrogen) atoms. The van der Waals surface area contributed by atoms with E-state index in [0.717, 1.165) is 12.0 Å². The molecule has 0 amide bonds. The van der Waals surface area contributed by atoms with Gasteiger partial charge in [0.1, 0.15) is 79.4 Å². The van der Waals surface area contributed by atoms with Crippen molar-refractivity contribution >= 4 is 5.78 Å². The van der Waals surface area contributed by atoms with Crippen LogP contribution in [0.5, 0.6) is 0 Å². The van der Waals surface area contributed by atoms with E-state index in [0.29, 0.717) is 32.1 Å². The molecule has 4 aliphatic carbocycles. The number of hydrogen-bond acceptors (Lipinski definition) is 24. The molecule has 3 unspecified atom stereocenters. The number of carbonyl (C=O) groups is 1. The number of allylic oxidation sites excluding steroid dienone is 1. The third kappa shape index (κ3) is 11.0. The molecular weight excluding hydrogens is 1030 g/mol. The van der Waals surface area contributed by atoms with Gasteiger partial charge in [0, 0.05) is 23.2 Å². The summed E-state index contributed by atoms with van der Waals surface area (Å²) in [5, 5.41) is 162. The molecule has 4 heterocycles. The molecular formula is C54H90O24. The highest BCUT2D eigenvalue weighted by Gasteiger charge is 2.72. The molecule has 3 saturated carbocycles. The molecule has 4 saturated heterocycles. The van der Waals surface area contributed by atoms with Crippen molar-refractivity contribution in [2.75, 3.05) is 26.4 Å². The third-order valence-electron chi connectivity index (χ3n) is 20.4. The normalized spacial score (nSPS) is 50.5. The van der Waals surface area contributed by atoms with Gasteiger partial charge < -0.3 is 114 Å². The van der Waals surface area contributed by atoms with E-state index in [-0.39, 0.29) is 36.4 Å².